The summed E-state index contributed by atoms with van der Waals surface area (Å²) in [6, 6.07) is 8.74. The second-order valence-corrected chi connectivity index (χ2v) is 4.62. The number of rotatable bonds is 2. The van der Waals surface area contributed by atoms with Gasteiger partial charge in [0.2, 0.25) is 0 Å². The molecule has 2 rings (SSSR count). The average molecular weight is 242 g/mol. The summed E-state index contributed by atoms with van der Waals surface area (Å²) < 4.78 is 13.9. The van der Waals surface area contributed by atoms with Crippen LogP contribution in [0.3, 0.4) is 0 Å². The number of carbonyl (C=O) groups excluding carboxylic acids is 1. The molecule has 0 aliphatic carbocycles. The molecule has 2 heteroatoms. The minimum Gasteiger partial charge on any atom is -0.298 e. The van der Waals surface area contributed by atoms with Crippen molar-refractivity contribution in [1.29, 1.82) is 0 Å². The lowest BCUT2D eigenvalue weighted by Gasteiger charge is -2.11. The van der Waals surface area contributed by atoms with Gasteiger partial charge in [-0.05, 0) is 55.7 Å². The molecule has 92 valence electrons. The van der Waals surface area contributed by atoms with Crippen LogP contribution < -0.4 is 0 Å². The van der Waals surface area contributed by atoms with Gasteiger partial charge < -0.3 is 0 Å². The predicted octanol–water partition coefficient (Wildman–Crippen LogP) is 4.23. The van der Waals surface area contributed by atoms with E-state index in [1.54, 1.807) is 12.1 Å². The van der Waals surface area contributed by atoms with E-state index in [1.807, 2.05) is 32.9 Å². The van der Waals surface area contributed by atoms with Crippen molar-refractivity contribution in [2.45, 2.75) is 20.8 Å². The second kappa shape index (κ2) is 4.73. The highest BCUT2D eigenvalue weighted by Gasteiger charge is 2.10. The first-order chi connectivity index (χ1) is 8.52. The fourth-order valence-corrected chi connectivity index (χ4v) is 2.10. The molecule has 0 spiro atoms. The summed E-state index contributed by atoms with van der Waals surface area (Å²) >= 11 is 0. The first-order valence-electron chi connectivity index (χ1n) is 5.86. The molecule has 1 nitrogen and oxygen atoms in total. The first-order valence-corrected chi connectivity index (χ1v) is 5.86. The maximum atomic E-state index is 13.9. The van der Waals surface area contributed by atoms with Crippen molar-refractivity contribution in [3.8, 4) is 11.1 Å². The summed E-state index contributed by atoms with van der Waals surface area (Å²) in [6.45, 7) is 5.69. The molecule has 18 heavy (non-hydrogen) atoms. The maximum absolute atomic E-state index is 13.9. The molecule has 0 atom stereocenters. The molecule has 0 bridgehead atoms. The first kappa shape index (κ1) is 12.5. The highest BCUT2D eigenvalue weighted by molar-refractivity contribution is 5.81. The van der Waals surface area contributed by atoms with Crippen molar-refractivity contribution in [2.75, 3.05) is 0 Å². The molecule has 0 saturated heterocycles. The van der Waals surface area contributed by atoms with Gasteiger partial charge in [0, 0.05) is 11.1 Å². The smallest absolute Gasteiger partial charge is 0.150 e. The zero-order valence-corrected chi connectivity index (χ0v) is 10.8. The number of hydrogen-bond acceptors (Lipinski definition) is 1. The Labute approximate surface area is 106 Å². The Morgan fingerprint density at radius 3 is 2.33 bits per heavy atom. The van der Waals surface area contributed by atoms with E-state index in [9.17, 15) is 9.18 Å². The largest absolute Gasteiger partial charge is 0.298 e. The number of aldehydes is 1. The molecule has 0 aliphatic heterocycles. The summed E-state index contributed by atoms with van der Waals surface area (Å²) in [5.41, 5.74) is 4.89. The molecule has 0 radical (unpaired) electrons. The van der Waals surface area contributed by atoms with E-state index in [1.165, 1.54) is 6.07 Å². The van der Waals surface area contributed by atoms with Crippen LogP contribution in [-0.2, 0) is 0 Å². The maximum Gasteiger partial charge on any atom is 0.150 e. The second-order valence-electron chi connectivity index (χ2n) is 4.62. The Kier molecular flexibility index (Phi) is 3.28. The molecule has 0 amide bonds. The predicted molar refractivity (Wildman–Crippen MR) is 71.4 cm³/mol. The van der Waals surface area contributed by atoms with E-state index >= 15 is 0 Å². The third kappa shape index (κ3) is 2.19. The van der Waals surface area contributed by atoms with Crippen LogP contribution in [0, 0.1) is 26.6 Å². The third-order valence-corrected chi connectivity index (χ3v) is 3.15. The van der Waals surface area contributed by atoms with Crippen molar-refractivity contribution >= 4 is 6.29 Å². The van der Waals surface area contributed by atoms with E-state index in [4.69, 9.17) is 0 Å². The van der Waals surface area contributed by atoms with Crippen molar-refractivity contribution in [1.82, 2.24) is 0 Å². The van der Waals surface area contributed by atoms with Gasteiger partial charge in [0.25, 0.3) is 0 Å². The Bertz CT molecular complexity index is 615. The molecule has 0 heterocycles. The van der Waals surface area contributed by atoms with Crippen LogP contribution in [0.25, 0.3) is 11.1 Å². The Balaban J connectivity index is 2.67. The third-order valence-electron chi connectivity index (χ3n) is 3.15. The molecule has 2 aromatic rings. The van der Waals surface area contributed by atoms with Crippen LogP contribution in [0.5, 0.6) is 0 Å². The number of hydrogen-bond donors (Lipinski definition) is 0. The van der Waals surface area contributed by atoms with Crippen LogP contribution in [0.4, 0.5) is 4.39 Å². The van der Waals surface area contributed by atoms with Gasteiger partial charge in [-0.1, -0.05) is 17.7 Å². The molecule has 0 fully saturated rings. The van der Waals surface area contributed by atoms with Gasteiger partial charge in [-0.2, -0.15) is 0 Å². The number of aryl methyl sites for hydroxylation is 3. The van der Waals surface area contributed by atoms with Crippen molar-refractivity contribution in [3.63, 3.8) is 0 Å². The van der Waals surface area contributed by atoms with Gasteiger partial charge in [-0.25, -0.2) is 4.39 Å². The van der Waals surface area contributed by atoms with E-state index in [0.29, 0.717) is 11.1 Å². The molecule has 0 aliphatic rings. The zero-order chi connectivity index (χ0) is 13.3. The van der Waals surface area contributed by atoms with Crippen molar-refractivity contribution < 1.29 is 9.18 Å². The van der Waals surface area contributed by atoms with E-state index < -0.39 is 0 Å². The van der Waals surface area contributed by atoms with Gasteiger partial charge in [0.1, 0.15) is 12.1 Å². The van der Waals surface area contributed by atoms with Gasteiger partial charge in [0.05, 0.1) is 0 Å². The van der Waals surface area contributed by atoms with Gasteiger partial charge in [-0.15, -0.1) is 0 Å². The van der Waals surface area contributed by atoms with Crippen molar-refractivity contribution in [3.05, 3.63) is 58.4 Å². The molecule has 0 N–H and O–H groups in total. The van der Waals surface area contributed by atoms with Crippen LogP contribution in [-0.4, -0.2) is 6.29 Å². The summed E-state index contributed by atoms with van der Waals surface area (Å²) in [5, 5.41) is 0. The minimum atomic E-state index is -0.234. The fourth-order valence-electron chi connectivity index (χ4n) is 2.10. The Morgan fingerprint density at radius 1 is 0.944 bits per heavy atom. The lowest BCUT2D eigenvalue weighted by molar-refractivity contribution is 0.112. The monoisotopic (exact) mass is 242 g/mol. The molecule has 2 aromatic carbocycles. The van der Waals surface area contributed by atoms with E-state index in [2.05, 4.69) is 0 Å². The van der Waals surface area contributed by atoms with Gasteiger partial charge >= 0.3 is 0 Å². The average Bonchev–Trinajstić information content (AvgIpc) is 2.35. The molecule has 0 unspecified atom stereocenters. The van der Waals surface area contributed by atoms with E-state index in [-0.39, 0.29) is 5.82 Å². The van der Waals surface area contributed by atoms with Crippen LogP contribution in [0.2, 0.25) is 0 Å². The molecular weight excluding hydrogens is 227 g/mol. The van der Waals surface area contributed by atoms with Crippen LogP contribution in [0.1, 0.15) is 27.0 Å². The number of halogens is 1. The molecule has 0 saturated carbocycles. The standard InChI is InChI=1S/C16H15FO/c1-10-4-5-16(17)15(6-10)14-8-11(2)13(9-18)7-12(14)3/h4-9H,1-3H3. The highest BCUT2D eigenvalue weighted by atomic mass is 19.1. The minimum absolute atomic E-state index is 0.234. The Morgan fingerprint density at radius 2 is 1.67 bits per heavy atom. The highest BCUT2D eigenvalue weighted by Crippen LogP contribution is 2.29. The summed E-state index contributed by atoms with van der Waals surface area (Å²) in [6.07, 6.45) is 0.832. The molecule has 0 aromatic heterocycles. The Hall–Kier alpha value is -1.96. The van der Waals surface area contributed by atoms with E-state index in [0.717, 1.165) is 28.5 Å². The van der Waals surface area contributed by atoms with Crippen LogP contribution in [0.15, 0.2) is 30.3 Å². The fraction of sp³-hybridized carbons (Fsp3) is 0.188. The number of carbonyl (C=O) groups is 1. The van der Waals surface area contributed by atoms with Gasteiger partial charge in [-0.3, -0.25) is 4.79 Å². The zero-order valence-electron chi connectivity index (χ0n) is 10.8. The van der Waals surface area contributed by atoms with Crippen LogP contribution >= 0.6 is 0 Å². The lowest BCUT2D eigenvalue weighted by atomic mass is 9.94. The molecular formula is C16H15FO. The normalized spacial score (nSPS) is 10.4. The topological polar surface area (TPSA) is 17.1 Å². The quantitative estimate of drug-likeness (QED) is 0.720. The van der Waals surface area contributed by atoms with Gasteiger partial charge in [0.15, 0.2) is 0 Å². The summed E-state index contributed by atoms with van der Waals surface area (Å²) in [7, 11) is 0. The summed E-state index contributed by atoms with van der Waals surface area (Å²) in [5.74, 6) is -0.234. The summed E-state index contributed by atoms with van der Waals surface area (Å²) in [4.78, 5) is 10.9. The van der Waals surface area contributed by atoms with Crippen molar-refractivity contribution in [2.24, 2.45) is 0 Å². The lowest BCUT2D eigenvalue weighted by Crippen LogP contribution is -1.94. The SMILES string of the molecule is Cc1ccc(F)c(-c2cc(C)c(C=O)cc2C)c1. The number of benzene rings is 2.